The summed E-state index contributed by atoms with van der Waals surface area (Å²) in [5.41, 5.74) is 2.43. The molecule has 4 heteroatoms. The summed E-state index contributed by atoms with van der Waals surface area (Å²) in [5, 5.41) is 11.7. The van der Waals surface area contributed by atoms with E-state index in [1.165, 1.54) is 13.0 Å². The van der Waals surface area contributed by atoms with Crippen LogP contribution in [-0.4, -0.2) is 17.0 Å². The lowest BCUT2D eigenvalue weighted by Crippen LogP contribution is -2.06. The summed E-state index contributed by atoms with van der Waals surface area (Å²) in [6.45, 7) is 1.43. The number of carbonyl (C=O) groups is 2. The smallest absolute Gasteiger partial charge is 0.335 e. The highest BCUT2D eigenvalue weighted by Gasteiger charge is 2.08. The molecule has 96 valence electrons. The SMILES string of the molecule is CC(=O)Nc1ccccc1-c1cccc(C(=O)O)c1. The predicted molar refractivity (Wildman–Crippen MR) is 73.1 cm³/mol. The first-order valence-electron chi connectivity index (χ1n) is 5.78. The van der Waals surface area contributed by atoms with E-state index < -0.39 is 5.97 Å². The van der Waals surface area contributed by atoms with Gasteiger partial charge in [-0.1, -0.05) is 30.3 Å². The van der Waals surface area contributed by atoms with E-state index >= 15 is 0 Å². The van der Waals surface area contributed by atoms with Gasteiger partial charge in [-0.05, 0) is 23.8 Å². The van der Waals surface area contributed by atoms with Crippen molar-refractivity contribution in [2.24, 2.45) is 0 Å². The molecule has 0 saturated heterocycles. The lowest BCUT2D eigenvalue weighted by atomic mass is 10.0. The van der Waals surface area contributed by atoms with E-state index in [4.69, 9.17) is 5.11 Å². The van der Waals surface area contributed by atoms with E-state index in [1.54, 1.807) is 18.2 Å². The molecule has 0 aliphatic heterocycles. The molecule has 2 N–H and O–H groups in total. The molecule has 0 saturated carbocycles. The van der Waals surface area contributed by atoms with Crippen LogP contribution in [0.25, 0.3) is 11.1 Å². The minimum atomic E-state index is -0.973. The molecule has 2 rings (SSSR count). The molecule has 0 aliphatic rings. The van der Waals surface area contributed by atoms with Crippen molar-refractivity contribution >= 4 is 17.6 Å². The van der Waals surface area contributed by atoms with Crippen LogP contribution in [0.2, 0.25) is 0 Å². The summed E-state index contributed by atoms with van der Waals surface area (Å²) in [6, 6.07) is 13.9. The van der Waals surface area contributed by atoms with Crippen LogP contribution in [0.1, 0.15) is 17.3 Å². The second kappa shape index (κ2) is 5.35. The highest BCUT2D eigenvalue weighted by atomic mass is 16.4. The Bertz CT molecular complexity index is 635. The number of rotatable bonds is 3. The van der Waals surface area contributed by atoms with Gasteiger partial charge in [-0.25, -0.2) is 4.79 Å². The maximum Gasteiger partial charge on any atom is 0.335 e. The summed E-state index contributed by atoms with van der Waals surface area (Å²) >= 11 is 0. The van der Waals surface area contributed by atoms with Crippen molar-refractivity contribution in [1.82, 2.24) is 0 Å². The number of hydrogen-bond donors (Lipinski definition) is 2. The summed E-state index contributed by atoms with van der Waals surface area (Å²) in [4.78, 5) is 22.1. The lowest BCUT2D eigenvalue weighted by Gasteiger charge is -2.10. The minimum absolute atomic E-state index is 0.165. The third-order valence-corrected chi connectivity index (χ3v) is 2.66. The van der Waals surface area contributed by atoms with Crippen LogP contribution in [0.15, 0.2) is 48.5 Å². The zero-order valence-corrected chi connectivity index (χ0v) is 10.4. The van der Waals surface area contributed by atoms with Crippen molar-refractivity contribution in [2.45, 2.75) is 6.92 Å². The number of carboxylic acid groups (broad SMARTS) is 1. The zero-order valence-electron chi connectivity index (χ0n) is 10.4. The quantitative estimate of drug-likeness (QED) is 0.885. The van der Waals surface area contributed by atoms with Crippen LogP contribution >= 0.6 is 0 Å². The highest BCUT2D eigenvalue weighted by Crippen LogP contribution is 2.28. The van der Waals surface area contributed by atoms with E-state index in [0.717, 1.165) is 11.1 Å². The van der Waals surface area contributed by atoms with Gasteiger partial charge in [0.05, 0.1) is 5.56 Å². The maximum atomic E-state index is 11.2. The summed E-state index contributed by atoms with van der Waals surface area (Å²) in [7, 11) is 0. The fourth-order valence-corrected chi connectivity index (χ4v) is 1.85. The Kier molecular flexibility index (Phi) is 3.61. The van der Waals surface area contributed by atoms with Crippen LogP contribution in [0.4, 0.5) is 5.69 Å². The number of carboxylic acids is 1. The van der Waals surface area contributed by atoms with Crippen LogP contribution in [0, 0.1) is 0 Å². The van der Waals surface area contributed by atoms with E-state index in [1.807, 2.05) is 24.3 Å². The Morgan fingerprint density at radius 3 is 2.47 bits per heavy atom. The van der Waals surface area contributed by atoms with Crippen molar-refractivity contribution in [3.8, 4) is 11.1 Å². The normalized spacial score (nSPS) is 9.95. The molecule has 0 bridgehead atoms. The van der Waals surface area contributed by atoms with Gasteiger partial charge in [0.25, 0.3) is 0 Å². The number of hydrogen-bond acceptors (Lipinski definition) is 2. The van der Waals surface area contributed by atoms with Crippen LogP contribution in [0.5, 0.6) is 0 Å². The van der Waals surface area contributed by atoms with Crippen LogP contribution in [-0.2, 0) is 4.79 Å². The third kappa shape index (κ3) is 2.98. The average Bonchev–Trinajstić information content (AvgIpc) is 2.39. The molecule has 0 heterocycles. The molecule has 0 aliphatic carbocycles. The first-order chi connectivity index (χ1) is 9.08. The van der Waals surface area contributed by atoms with Crippen molar-refractivity contribution in [3.63, 3.8) is 0 Å². The average molecular weight is 255 g/mol. The molecule has 0 fully saturated rings. The van der Waals surface area contributed by atoms with Gasteiger partial charge in [0, 0.05) is 18.2 Å². The van der Waals surface area contributed by atoms with E-state index in [2.05, 4.69) is 5.32 Å². The van der Waals surface area contributed by atoms with E-state index in [-0.39, 0.29) is 11.5 Å². The Balaban J connectivity index is 2.49. The zero-order chi connectivity index (χ0) is 13.8. The number of benzene rings is 2. The van der Waals surface area contributed by atoms with Crippen molar-refractivity contribution < 1.29 is 14.7 Å². The van der Waals surface area contributed by atoms with Crippen molar-refractivity contribution in [2.75, 3.05) is 5.32 Å². The standard InChI is InChI=1S/C15H13NO3/c1-10(17)16-14-8-3-2-7-13(14)11-5-4-6-12(9-11)15(18)19/h2-9H,1H3,(H,16,17)(H,18,19). The van der Waals surface area contributed by atoms with Gasteiger partial charge in [0.2, 0.25) is 5.91 Å². The molecule has 0 radical (unpaired) electrons. The molecule has 0 aromatic heterocycles. The van der Waals surface area contributed by atoms with Gasteiger partial charge in [-0.2, -0.15) is 0 Å². The second-order valence-corrected chi connectivity index (χ2v) is 4.11. The largest absolute Gasteiger partial charge is 0.478 e. The molecular weight excluding hydrogens is 242 g/mol. The van der Waals surface area contributed by atoms with Gasteiger partial charge < -0.3 is 10.4 Å². The number of amides is 1. The molecule has 1 amide bonds. The minimum Gasteiger partial charge on any atom is -0.478 e. The highest BCUT2D eigenvalue weighted by molar-refractivity contribution is 5.95. The lowest BCUT2D eigenvalue weighted by molar-refractivity contribution is -0.114. The first kappa shape index (κ1) is 12.8. The molecular formula is C15H13NO3. The fourth-order valence-electron chi connectivity index (χ4n) is 1.85. The molecule has 4 nitrogen and oxygen atoms in total. The number of carbonyl (C=O) groups excluding carboxylic acids is 1. The molecule has 0 unspecified atom stereocenters. The third-order valence-electron chi connectivity index (χ3n) is 2.66. The summed E-state index contributed by atoms with van der Waals surface area (Å²) < 4.78 is 0. The Hall–Kier alpha value is -2.62. The van der Waals surface area contributed by atoms with E-state index in [9.17, 15) is 9.59 Å². The van der Waals surface area contributed by atoms with Crippen LogP contribution < -0.4 is 5.32 Å². The summed E-state index contributed by atoms with van der Waals surface area (Å²) in [6.07, 6.45) is 0. The van der Waals surface area contributed by atoms with Gasteiger partial charge >= 0.3 is 5.97 Å². The molecule has 19 heavy (non-hydrogen) atoms. The number of para-hydroxylation sites is 1. The predicted octanol–water partition coefficient (Wildman–Crippen LogP) is 3.01. The first-order valence-corrected chi connectivity index (χ1v) is 5.78. The van der Waals surface area contributed by atoms with Gasteiger partial charge in [0.1, 0.15) is 0 Å². The van der Waals surface area contributed by atoms with Gasteiger partial charge in [-0.15, -0.1) is 0 Å². The summed E-state index contributed by atoms with van der Waals surface area (Å²) in [5.74, 6) is -1.14. The number of aromatic carboxylic acids is 1. The van der Waals surface area contributed by atoms with Gasteiger partial charge in [0.15, 0.2) is 0 Å². The molecule has 0 spiro atoms. The Morgan fingerprint density at radius 2 is 1.79 bits per heavy atom. The number of anilines is 1. The number of nitrogens with one attached hydrogen (secondary N) is 1. The topological polar surface area (TPSA) is 66.4 Å². The fraction of sp³-hybridized carbons (Fsp3) is 0.0667. The van der Waals surface area contributed by atoms with E-state index in [0.29, 0.717) is 5.69 Å². The molecule has 2 aromatic rings. The molecule has 0 atom stereocenters. The Labute approximate surface area is 110 Å². The van der Waals surface area contributed by atoms with Crippen molar-refractivity contribution in [1.29, 1.82) is 0 Å². The maximum absolute atomic E-state index is 11.2. The molecule has 2 aromatic carbocycles. The van der Waals surface area contributed by atoms with Crippen molar-refractivity contribution in [3.05, 3.63) is 54.1 Å². The monoisotopic (exact) mass is 255 g/mol. The van der Waals surface area contributed by atoms with Gasteiger partial charge in [-0.3, -0.25) is 4.79 Å². The Morgan fingerprint density at radius 1 is 1.05 bits per heavy atom. The van der Waals surface area contributed by atoms with Crippen LogP contribution in [0.3, 0.4) is 0 Å². The second-order valence-electron chi connectivity index (χ2n) is 4.11.